The van der Waals surface area contributed by atoms with Crippen LogP contribution in [-0.4, -0.2) is 29.0 Å². The van der Waals surface area contributed by atoms with E-state index in [-0.39, 0.29) is 0 Å². The van der Waals surface area contributed by atoms with Gasteiger partial charge in [-0.3, -0.25) is 9.88 Å². The molecule has 1 unspecified atom stereocenters. The first-order valence-corrected chi connectivity index (χ1v) is 8.18. The van der Waals surface area contributed by atoms with Gasteiger partial charge in [0.1, 0.15) is 0 Å². The van der Waals surface area contributed by atoms with Crippen LogP contribution in [-0.2, 0) is 6.54 Å². The number of likely N-dealkylation sites (N-methyl/N-ethyl adjacent to an activating group) is 1. The van der Waals surface area contributed by atoms with Crippen molar-refractivity contribution in [3.05, 3.63) is 30.1 Å². The molecular formula is C17H29N3. The van der Waals surface area contributed by atoms with Gasteiger partial charge in [-0.2, -0.15) is 0 Å². The van der Waals surface area contributed by atoms with Crippen LogP contribution in [0, 0.1) is 5.92 Å². The van der Waals surface area contributed by atoms with Crippen LogP contribution in [0.4, 0.5) is 0 Å². The van der Waals surface area contributed by atoms with Crippen molar-refractivity contribution in [3.8, 4) is 0 Å². The smallest absolute Gasteiger partial charge is 0.0271 e. The molecule has 0 saturated heterocycles. The number of hydrogen-bond acceptors (Lipinski definition) is 3. The van der Waals surface area contributed by atoms with Crippen molar-refractivity contribution >= 4 is 0 Å². The maximum absolute atomic E-state index is 6.13. The van der Waals surface area contributed by atoms with E-state index in [1.807, 2.05) is 12.4 Å². The zero-order chi connectivity index (χ0) is 14.2. The highest BCUT2D eigenvalue weighted by molar-refractivity contribution is 5.09. The molecule has 3 heteroatoms. The van der Waals surface area contributed by atoms with E-state index in [1.165, 1.54) is 44.1 Å². The molecule has 0 spiro atoms. The summed E-state index contributed by atoms with van der Waals surface area (Å²) in [5.74, 6) is 0.782. The summed E-state index contributed by atoms with van der Waals surface area (Å²) >= 11 is 0. The number of rotatable bonds is 6. The molecule has 1 fully saturated rings. The Morgan fingerprint density at radius 1 is 1.20 bits per heavy atom. The SMILES string of the molecule is CCN(Cc1ccncc1)C(CN)C1CCCCCC1. The Balaban J connectivity index is 2.02. The second-order valence-electron chi connectivity index (χ2n) is 5.97. The third kappa shape index (κ3) is 4.29. The van der Waals surface area contributed by atoms with Crippen LogP contribution in [0.1, 0.15) is 51.0 Å². The van der Waals surface area contributed by atoms with Gasteiger partial charge in [0.25, 0.3) is 0 Å². The number of aromatic nitrogens is 1. The average molecular weight is 275 g/mol. The minimum atomic E-state index is 0.534. The summed E-state index contributed by atoms with van der Waals surface area (Å²) in [6, 6.07) is 4.76. The molecule has 112 valence electrons. The van der Waals surface area contributed by atoms with E-state index in [1.54, 1.807) is 0 Å². The molecule has 3 nitrogen and oxygen atoms in total. The first kappa shape index (κ1) is 15.5. The molecule has 0 amide bonds. The van der Waals surface area contributed by atoms with Crippen LogP contribution in [0.3, 0.4) is 0 Å². The van der Waals surface area contributed by atoms with Gasteiger partial charge < -0.3 is 5.73 Å². The van der Waals surface area contributed by atoms with Gasteiger partial charge in [-0.05, 0) is 43.0 Å². The van der Waals surface area contributed by atoms with E-state index < -0.39 is 0 Å². The van der Waals surface area contributed by atoms with Crippen LogP contribution >= 0.6 is 0 Å². The van der Waals surface area contributed by atoms with Crippen molar-refractivity contribution < 1.29 is 0 Å². The van der Waals surface area contributed by atoms with Crippen molar-refractivity contribution in [2.24, 2.45) is 11.7 Å². The molecule has 1 aliphatic carbocycles. The first-order valence-electron chi connectivity index (χ1n) is 8.18. The standard InChI is InChI=1S/C17H29N3/c1-2-20(14-15-9-11-19-12-10-15)17(13-18)16-7-5-3-4-6-8-16/h9-12,16-17H,2-8,13-14,18H2,1H3. The molecule has 0 aromatic carbocycles. The Hall–Kier alpha value is -0.930. The lowest BCUT2D eigenvalue weighted by Crippen LogP contribution is -2.45. The number of pyridine rings is 1. The van der Waals surface area contributed by atoms with E-state index >= 15 is 0 Å². The molecule has 20 heavy (non-hydrogen) atoms. The van der Waals surface area contributed by atoms with Crippen LogP contribution in [0.15, 0.2) is 24.5 Å². The van der Waals surface area contributed by atoms with E-state index in [9.17, 15) is 0 Å². The fourth-order valence-corrected chi connectivity index (χ4v) is 3.52. The quantitative estimate of drug-likeness (QED) is 0.811. The lowest BCUT2D eigenvalue weighted by atomic mass is 9.90. The molecule has 1 heterocycles. The molecule has 1 atom stereocenters. The van der Waals surface area contributed by atoms with Crippen molar-refractivity contribution in [3.63, 3.8) is 0 Å². The van der Waals surface area contributed by atoms with Crippen molar-refractivity contribution in [1.29, 1.82) is 0 Å². The summed E-state index contributed by atoms with van der Waals surface area (Å²) in [6.45, 7) is 5.10. The normalized spacial score (nSPS) is 18.9. The Morgan fingerprint density at radius 2 is 1.85 bits per heavy atom. The predicted molar refractivity (Wildman–Crippen MR) is 84.4 cm³/mol. The molecule has 2 rings (SSSR count). The average Bonchev–Trinajstić information content (AvgIpc) is 2.77. The van der Waals surface area contributed by atoms with Crippen LogP contribution in [0.25, 0.3) is 0 Å². The van der Waals surface area contributed by atoms with Crippen molar-refractivity contribution in [2.75, 3.05) is 13.1 Å². The van der Waals surface area contributed by atoms with E-state index in [4.69, 9.17) is 5.73 Å². The second-order valence-corrected chi connectivity index (χ2v) is 5.97. The molecule has 0 aliphatic heterocycles. The van der Waals surface area contributed by atoms with Gasteiger partial charge in [-0.25, -0.2) is 0 Å². The van der Waals surface area contributed by atoms with Gasteiger partial charge >= 0.3 is 0 Å². The first-order chi connectivity index (χ1) is 9.85. The highest BCUT2D eigenvalue weighted by atomic mass is 15.2. The molecule has 1 aromatic rings. The lowest BCUT2D eigenvalue weighted by Gasteiger charge is -2.35. The van der Waals surface area contributed by atoms with Gasteiger partial charge in [-0.1, -0.05) is 32.6 Å². The maximum atomic E-state index is 6.13. The third-order valence-electron chi connectivity index (χ3n) is 4.70. The summed E-state index contributed by atoms with van der Waals surface area (Å²) in [7, 11) is 0. The zero-order valence-electron chi connectivity index (χ0n) is 12.8. The molecule has 2 N–H and O–H groups in total. The molecule has 0 radical (unpaired) electrons. The van der Waals surface area contributed by atoms with Gasteiger partial charge in [0, 0.05) is 31.5 Å². The number of nitrogens with zero attached hydrogens (tertiary/aromatic N) is 2. The Labute approximate surface area is 123 Å². The predicted octanol–water partition coefficient (Wildman–Crippen LogP) is 3.20. The number of hydrogen-bond donors (Lipinski definition) is 1. The van der Waals surface area contributed by atoms with Gasteiger partial charge in [0.05, 0.1) is 0 Å². The third-order valence-corrected chi connectivity index (χ3v) is 4.70. The van der Waals surface area contributed by atoms with E-state index in [0.29, 0.717) is 6.04 Å². The minimum Gasteiger partial charge on any atom is -0.329 e. The summed E-state index contributed by atoms with van der Waals surface area (Å²) in [5.41, 5.74) is 7.47. The fourth-order valence-electron chi connectivity index (χ4n) is 3.52. The van der Waals surface area contributed by atoms with Crippen LogP contribution < -0.4 is 5.73 Å². The minimum absolute atomic E-state index is 0.534. The maximum Gasteiger partial charge on any atom is 0.0271 e. The second kappa shape index (κ2) is 8.38. The van der Waals surface area contributed by atoms with Crippen LogP contribution in [0.2, 0.25) is 0 Å². The monoisotopic (exact) mass is 275 g/mol. The van der Waals surface area contributed by atoms with Gasteiger partial charge in [-0.15, -0.1) is 0 Å². The Bertz CT molecular complexity index is 358. The number of nitrogens with two attached hydrogens (primary N) is 1. The molecule has 0 bridgehead atoms. The topological polar surface area (TPSA) is 42.2 Å². The lowest BCUT2D eigenvalue weighted by molar-refractivity contribution is 0.134. The Morgan fingerprint density at radius 3 is 2.40 bits per heavy atom. The summed E-state index contributed by atoms with van der Waals surface area (Å²) in [6.07, 6.45) is 12.1. The van der Waals surface area contributed by atoms with E-state index in [0.717, 1.165) is 25.6 Å². The highest BCUT2D eigenvalue weighted by Gasteiger charge is 2.26. The summed E-state index contributed by atoms with van der Waals surface area (Å²) < 4.78 is 0. The molecular weight excluding hydrogens is 246 g/mol. The van der Waals surface area contributed by atoms with Gasteiger partial charge in [0.2, 0.25) is 0 Å². The van der Waals surface area contributed by atoms with Crippen molar-refractivity contribution in [2.45, 2.75) is 58.0 Å². The Kier molecular flexibility index (Phi) is 6.48. The largest absolute Gasteiger partial charge is 0.329 e. The zero-order valence-corrected chi connectivity index (χ0v) is 12.8. The van der Waals surface area contributed by atoms with Gasteiger partial charge in [0.15, 0.2) is 0 Å². The summed E-state index contributed by atoms with van der Waals surface area (Å²) in [4.78, 5) is 6.66. The highest BCUT2D eigenvalue weighted by Crippen LogP contribution is 2.28. The molecule has 1 aromatic heterocycles. The fraction of sp³-hybridized carbons (Fsp3) is 0.706. The molecule has 1 saturated carbocycles. The van der Waals surface area contributed by atoms with Crippen molar-refractivity contribution in [1.82, 2.24) is 9.88 Å². The van der Waals surface area contributed by atoms with E-state index in [2.05, 4.69) is 28.9 Å². The molecule has 1 aliphatic rings. The van der Waals surface area contributed by atoms with Crippen LogP contribution in [0.5, 0.6) is 0 Å². The summed E-state index contributed by atoms with van der Waals surface area (Å²) in [5, 5.41) is 0.